The summed E-state index contributed by atoms with van der Waals surface area (Å²) in [6.07, 6.45) is 3.75. The maximum atomic E-state index is 12.5. The highest BCUT2D eigenvalue weighted by molar-refractivity contribution is 8.13. The summed E-state index contributed by atoms with van der Waals surface area (Å²) in [5.74, 6) is 0.979. The number of rotatable bonds is 7. The lowest BCUT2D eigenvalue weighted by atomic mass is 9.89. The predicted octanol–water partition coefficient (Wildman–Crippen LogP) is 2.34. The number of nitrogens with zero attached hydrogens (tertiary/aromatic N) is 4. The van der Waals surface area contributed by atoms with E-state index in [0.29, 0.717) is 23.3 Å². The number of carbonyl (C=O) groups excluding carboxylic acids is 1. The molecular formula is C20H26N6O2S. The summed E-state index contributed by atoms with van der Waals surface area (Å²) < 4.78 is 5.50. The highest BCUT2D eigenvalue weighted by Gasteiger charge is 2.29. The number of aromatic nitrogens is 2. The molecule has 0 unspecified atom stereocenters. The Morgan fingerprint density at radius 2 is 2.17 bits per heavy atom. The minimum absolute atomic E-state index is 0.220. The van der Waals surface area contributed by atoms with Gasteiger partial charge in [0.2, 0.25) is 5.88 Å². The molecule has 2 heterocycles. The molecule has 0 saturated carbocycles. The van der Waals surface area contributed by atoms with Gasteiger partial charge in [-0.25, -0.2) is 9.97 Å². The Balaban J connectivity index is 1.66. The van der Waals surface area contributed by atoms with Gasteiger partial charge >= 0.3 is 0 Å². The number of amides is 1. The van der Waals surface area contributed by atoms with Gasteiger partial charge in [-0.1, -0.05) is 23.9 Å². The third-order valence-corrected chi connectivity index (χ3v) is 5.38. The second-order valence-electron chi connectivity index (χ2n) is 7.25. The number of ether oxygens (including phenoxy) is 1. The first kappa shape index (κ1) is 21.1. The lowest BCUT2D eigenvalue weighted by Crippen LogP contribution is -2.28. The Morgan fingerprint density at radius 1 is 1.34 bits per heavy atom. The van der Waals surface area contributed by atoms with Crippen LogP contribution in [-0.4, -0.2) is 58.9 Å². The van der Waals surface area contributed by atoms with Gasteiger partial charge in [-0.15, -0.1) is 0 Å². The van der Waals surface area contributed by atoms with Crippen molar-refractivity contribution in [3.8, 4) is 5.88 Å². The van der Waals surface area contributed by atoms with E-state index in [2.05, 4.69) is 27.2 Å². The quantitative estimate of drug-likeness (QED) is 0.716. The molecule has 1 amide bonds. The van der Waals surface area contributed by atoms with E-state index < -0.39 is 0 Å². The normalized spacial score (nSPS) is 19.0. The van der Waals surface area contributed by atoms with Crippen LogP contribution in [0.15, 0.2) is 41.7 Å². The molecule has 3 N–H and O–H groups in total. The summed E-state index contributed by atoms with van der Waals surface area (Å²) in [4.78, 5) is 27.5. The van der Waals surface area contributed by atoms with Gasteiger partial charge in [0.15, 0.2) is 5.17 Å². The highest BCUT2D eigenvalue weighted by atomic mass is 32.2. The molecule has 0 spiro atoms. The summed E-state index contributed by atoms with van der Waals surface area (Å²) in [5, 5.41) is 3.46. The monoisotopic (exact) mass is 414 g/mol. The van der Waals surface area contributed by atoms with E-state index in [1.807, 2.05) is 43.3 Å². The predicted molar refractivity (Wildman–Crippen MR) is 117 cm³/mol. The second-order valence-corrected chi connectivity index (χ2v) is 8.36. The van der Waals surface area contributed by atoms with Crippen LogP contribution in [0, 0.1) is 0 Å². The van der Waals surface area contributed by atoms with Gasteiger partial charge in [0.05, 0.1) is 17.9 Å². The van der Waals surface area contributed by atoms with E-state index in [-0.39, 0.29) is 17.1 Å². The van der Waals surface area contributed by atoms with Crippen molar-refractivity contribution in [3.05, 3.63) is 47.9 Å². The highest BCUT2D eigenvalue weighted by Crippen LogP contribution is 2.35. The summed E-state index contributed by atoms with van der Waals surface area (Å²) in [6, 6.07) is 7.66. The van der Waals surface area contributed by atoms with Crippen molar-refractivity contribution in [2.75, 3.05) is 38.3 Å². The molecule has 8 nitrogen and oxygen atoms in total. The molecule has 1 aliphatic heterocycles. The van der Waals surface area contributed by atoms with Crippen molar-refractivity contribution in [2.24, 2.45) is 10.7 Å². The number of amidine groups is 1. The fraction of sp³-hybridized carbons (Fsp3) is 0.400. The molecule has 1 aromatic carbocycles. The second kappa shape index (κ2) is 9.23. The number of thioether (sulfide) groups is 1. The fourth-order valence-electron chi connectivity index (χ4n) is 2.86. The smallest absolute Gasteiger partial charge is 0.275 e. The van der Waals surface area contributed by atoms with Gasteiger partial charge in [0.1, 0.15) is 12.3 Å². The third-order valence-electron chi connectivity index (χ3n) is 4.59. The maximum absolute atomic E-state index is 12.5. The Labute approximate surface area is 175 Å². The molecule has 0 fully saturated rings. The fourth-order valence-corrected chi connectivity index (χ4v) is 3.84. The van der Waals surface area contributed by atoms with Crippen LogP contribution >= 0.6 is 11.8 Å². The molecular weight excluding hydrogens is 388 g/mol. The van der Waals surface area contributed by atoms with E-state index in [4.69, 9.17) is 10.5 Å². The van der Waals surface area contributed by atoms with E-state index in [1.165, 1.54) is 12.4 Å². The molecule has 0 radical (unpaired) electrons. The maximum Gasteiger partial charge on any atom is 0.275 e. The largest absolute Gasteiger partial charge is 0.475 e. The van der Waals surface area contributed by atoms with Crippen molar-refractivity contribution < 1.29 is 9.53 Å². The molecule has 0 saturated heterocycles. The Hall–Kier alpha value is -2.65. The van der Waals surface area contributed by atoms with Gasteiger partial charge in [-0.05, 0) is 45.1 Å². The minimum atomic E-state index is -0.387. The number of anilines is 1. The van der Waals surface area contributed by atoms with Crippen LogP contribution < -0.4 is 15.8 Å². The van der Waals surface area contributed by atoms with Crippen LogP contribution in [0.25, 0.3) is 0 Å². The standard InChI is InChI=1S/C20H26N6O2S/c1-20(7-10-29-19(21)25-20)14-5-4-6-15(11-14)24-18(27)16-12-23-17(13-22-16)28-9-8-26(2)3/h4-6,11-13H,7-10H2,1-3H3,(H2,21,25)(H,24,27)/t20-/m0/s1. The van der Waals surface area contributed by atoms with Crippen LogP contribution in [0.5, 0.6) is 5.88 Å². The van der Waals surface area contributed by atoms with Crippen LogP contribution in [-0.2, 0) is 5.54 Å². The molecule has 0 aliphatic carbocycles. The molecule has 1 aliphatic rings. The Bertz CT molecular complexity index is 887. The van der Waals surface area contributed by atoms with E-state index in [1.54, 1.807) is 11.8 Å². The molecule has 1 aromatic heterocycles. The van der Waals surface area contributed by atoms with E-state index in [9.17, 15) is 4.79 Å². The van der Waals surface area contributed by atoms with Crippen LogP contribution in [0.3, 0.4) is 0 Å². The number of nitrogens with one attached hydrogen (secondary N) is 1. The van der Waals surface area contributed by atoms with Crippen molar-refractivity contribution >= 4 is 28.5 Å². The lowest BCUT2D eigenvalue weighted by molar-refractivity contribution is 0.102. The van der Waals surface area contributed by atoms with Crippen LogP contribution in [0.2, 0.25) is 0 Å². The van der Waals surface area contributed by atoms with Crippen LogP contribution in [0.1, 0.15) is 29.4 Å². The number of benzene rings is 1. The van der Waals surface area contributed by atoms with Gasteiger partial charge in [0, 0.05) is 18.0 Å². The zero-order valence-corrected chi connectivity index (χ0v) is 17.7. The first-order valence-electron chi connectivity index (χ1n) is 9.35. The zero-order chi connectivity index (χ0) is 20.9. The summed E-state index contributed by atoms with van der Waals surface area (Å²) >= 11 is 1.56. The number of likely N-dealkylation sites (N-methyl/N-ethyl adjacent to an activating group) is 1. The van der Waals surface area contributed by atoms with Gasteiger partial charge in [-0.3, -0.25) is 9.79 Å². The van der Waals surface area contributed by atoms with Gasteiger partial charge in [0.25, 0.3) is 5.91 Å². The molecule has 3 rings (SSSR count). The summed E-state index contributed by atoms with van der Waals surface area (Å²) in [6.45, 7) is 3.33. The average molecular weight is 415 g/mol. The number of aliphatic imine (C=N–C) groups is 1. The van der Waals surface area contributed by atoms with Crippen molar-refractivity contribution in [3.63, 3.8) is 0 Å². The minimum Gasteiger partial charge on any atom is -0.475 e. The van der Waals surface area contributed by atoms with Gasteiger partial charge in [-0.2, -0.15) is 0 Å². The van der Waals surface area contributed by atoms with Crippen molar-refractivity contribution in [1.29, 1.82) is 0 Å². The zero-order valence-electron chi connectivity index (χ0n) is 16.9. The lowest BCUT2D eigenvalue weighted by Gasteiger charge is -2.30. The third kappa shape index (κ3) is 5.68. The van der Waals surface area contributed by atoms with Crippen molar-refractivity contribution in [2.45, 2.75) is 18.9 Å². The molecule has 2 aromatic rings. The van der Waals surface area contributed by atoms with E-state index >= 15 is 0 Å². The molecule has 154 valence electrons. The SMILES string of the molecule is CN(C)CCOc1cnc(C(=O)Nc2cccc([C@]3(C)CCSC(N)=N3)c2)cn1. The number of nitrogens with two attached hydrogens (primary N) is 1. The molecule has 29 heavy (non-hydrogen) atoms. The number of carbonyl (C=O) groups is 1. The Morgan fingerprint density at radius 3 is 2.86 bits per heavy atom. The van der Waals surface area contributed by atoms with E-state index in [0.717, 1.165) is 24.3 Å². The molecule has 9 heteroatoms. The van der Waals surface area contributed by atoms with Gasteiger partial charge < -0.3 is 20.7 Å². The van der Waals surface area contributed by atoms with Crippen LogP contribution in [0.4, 0.5) is 5.69 Å². The first-order valence-corrected chi connectivity index (χ1v) is 10.3. The molecule has 0 bridgehead atoms. The number of hydrogen-bond acceptors (Lipinski definition) is 8. The Kier molecular flexibility index (Phi) is 6.71. The number of hydrogen-bond donors (Lipinski definition) is 2. The first-order chi connectivity index (χ1) is 13.9. The average Bonchev–Trinajstić information content (AvgIpc) is 2.68. The summed E-state index contributed by atoms with van der Waals surface area (Å²) in [7, 11) is 3.93. The summed E-state index contributed by atoms with van der Waals surface area (Å²) in [5.41, 5.74) is 7.43. The topological polar surface area (TPSA) is 106 Å². The molecule has 1 atom stereocenters. The van der Waals surface area contributed by atoms with Crippen molar-refractivity contribution in [1.82, 2.24) is 14.9 Å².